The highest BCUT2D eigenvalue weighted by Crippen LogP contribution is 2.29. The Balaban J connectivity index is 1.34. The summed E-state index contributed by atoms with van der Waals surface area (Å²) in [4.78, 5) is 16.7. The number of hydrogen-bond donors (Lipinski definition) is 1. The lowest BCUT2D eigenvalue weighted by Gasteiger charge is -2.36. The summed E-state index contributed by atoms with van der Waals surface area (Å²) < 4.78 is 32.9. The molecule has 1 N–H and O–H groups in total. The number of anilines is 1. The number of amides is 2. The predicted molar refractivity (Wildman–Crippen MR) is 108 cm³/mol. The summed E-state index contributed by atoms with van der Waals surface area (Å²) in [5.74, 6) is -0.977. The highest BCUT2D eigenvalue weighted by atomic mass is 19.1. The van der Waals surface area contributed by atoms with Crippen LogP contribution in [0.2, 0.25) is 0 Å². The molecule has 0 saturated carbocycles. The van der Waals surface area contributed by atoms with Gasteiger partial charge in [-0.2, -0.15) is 0 Å². The van der Waals surface area contributed by atoms with E-state index in [4.69, 9.17) is 4.74 Å². The van der Waals surface area contributed by atoms with Gasteiger partial charge < -0.3 is 15.0 Å². The smallest absolute Gasteiger partial charge is 0.321 e. The number of urea groups is 1. The van der Waals surface area contributed by atoms with Crippen molar-refractivity contribution in [2.45, 2.75) is 38.1 Å². The Morgan fingerprint density at radius 1 is 1.14 bits per heavy atom. The summed E-state index contributed by atoms with van der Waals surface area (Å²) in [5.41, 5.74) is 1.36. The normalized spacial score (nSPS) is 22.3. The van der Waals surface area contributed by atoms with Crippen molar-refractivity contribution in [2.75, 3.05) is 25.5 Å². The Labute approximate surface area is 169 Å². The maximum absolute atomic E-state index is 13.9. The van der Waals surface area contributed by atoms with Gasteiger partial charge in [0, 0.05) is 37.4 Å². The van der Waals surface area contributed by atoms with Crippen LogP contribution in [0.15, 0.2) is 42.5 Å². The number of rotatable bonds is 4. The monoisotopic (exact) mass is 401 g/mol. The summed E-state index contributed by atoms with van der Waals surface area (Å²) in [7, 11) is 1.81. The number of benzene rings is 2. The van der Waals surface area contributed by atoms with Gasteiger partial charge in [-0.15, -0.1) is 0 Å². The van der Waals surface area contributed by atoms with Crippen LogP contribution in [-0.2, 0) is 4.74 Å². The van der Waals surface area contributed by atoms with Crippen LogP contribution < -0.4 is 5.32 Å². The fraction of sp³-hybridized carbons (Fsp3) is 0.409. The zero-order chi connectivity index (χ0) is 20.5. The molecule has 2 aliphatic rings. The van der Waals surface area contributed by atoms with Crippen molar-refractivity contribution in [2.24, 2.45) is 0 Å². The molecule has 4 rings (SSSR count). The van der Waals surface area contributed by atoms with Gasteiger partial charge in [-0.3, -0.25) is 4.90 Å². The van der Waals surface area contributed by atoms with E-state index in [1.54, 1.807) is 29.2 Å². The van der Waals surface area contributed by atoms with E-state index < -0.39 is 11.6 Å². The van der Waals surface area contributed by atoms with Gasteiger partial charge in [-0.05, 0) is 55.7 Å². The minimum absolute atomic E-state index is 0.177. The Bertz CT molecular complexity index is 882. The van der Waals surface area contributed by atoms with E-state index in [2.05, 4.69) is 17.1 Å². The van der Waals surface area contributed by atoms with E-state index in [1.807, 2.05) is 7.05 Å². The Kier molecular flexibility index (Phi) is 5.52. The number of carbonyl (C=O) groups is 1. The van der Waals surface area contributed by atoms with Gasteiger partial charge in [0.25, 0.3) is 0 Å². The Hall–Kier alpha value is -2.51. The lowest BCUT2D eigenvalue weighted by Crippen LogP contribution is -2.47. The molecule has 2 unspecified atom stereocenters. The van der Waals surface area contributed by atoms with Crippen LogP contribution in [0.25, 0.3) is 11.1 Å². The second kappa shape index (κ2) is 8.08. The third kappa shape index (κ3) is 4.41. The number of piperidine rings is 1. The van der Waals surface area contributed by atoms with Crippen molar-refractivity contribution >= 4 is 11.7 Å². The van der Waals surface area contributed by atoms with Crippen LogP contribution in [0.3, 0.4) is 0 Å². The standard InChI is InChI=1S/C22H25F2N3O2/c1-14-21(29-14)27-11-9-18(10-12-27)26(2)22(28)25-17-6-3-15(4-7-17)19-13-16(23)5-8-20(19)24/h3-8,13-14,18,21H,9-12H2,1-2H3,(H,25,28). The quantitative estimate of drug-likeness (QED) is 0.777. The lowest BCUT2D eigenvalue weighted by atomic mass is 10.0. The lowest BCUT2D eigenvalue weighted by molar-refractivity contribution is 0.104. The summed E-state index contributed by atoms with van der Waals surface area (Å²) in [6.07, 6.45) is 2.38. The maximum atomic E-state index is 13.9. The fourth-order valence-electron chi connectivity index (χ4n) is 3.91. The second-order valence-corrected chi connectivity index (χ2v) is 7.74. The first-order valence-corrected chi connectivity index (χ1v) is 9.91. The molecular weight excluding hydrogens is 376 g/mol. The molecule has 0 aliphatic carbocycles. The zero-order valence-corrected chi connectivity index (χ0v) is 16.6. The Morgan fingerprint density at radius 3 is 2.41 bits per heavy atom. The molecule has 2 saturated heterocycles. The van der Waals surface area contributed by atoms with Crippen molar-refractivity contribution in [3.8, 4) is 11.1 Å². The number of hydrogen-bond acceptors (Lipinski definition) is 3. The SMILES string of the molecule is CC1OC1N1CCC(N(C)C(=O)Nc2ccc(-c3cc(F)ccc3F)cc2)CC1. The van der Waals surface area contributed by atoms with Crippen molar-refractivity contribution in [3.63, 3.8) is 0 Å². The molecule has 7 heteroatoms. The minimum Gasteiger partial charge on any atom is -0.353 e. The first-order chi connectivity index (χ1) is 13.9. The van der Waals surface area contributed by atoms with Crippen LogP contribution in [0.1, 0.15) is 19.8 Å². The average molecular weight is 401 g/mol. The molecule has 2 aromatic carbocycles. The molecule has 2 amide bonds. The van der Waals surface area contributed by atoms with Crippen molar-refractivity contribution in [1.29, 1.82) is 0 Å². The van der Waals surface area contributed by atoms with E-state index in [0.29, 0.717) is 17.4 Å². The molecule has 2 atom stereocenters. The zero-order valence-electron chi connectivity index (χ0n) is 16.6. The van der Waals surface area contributed by atoms with E-state index in [0.717, 1.165) is 44.1 Å². The minimum atomic E-state index is -0.492. The molecule has 154 valence electrons. The molecule has 0 aromatic heterocycles. The number of carbonyl (C=O) groups excluding carboxylic acids is 1. The molecule has 0 spiro atoms. The van der Waals surface area contributed by atoms with E-state index in [-0.39, 0.29) is 23.9 Å². The van der Waals surface area contributed by atoms with Crippen LogP contribution in [-0.4, -0.2) is 54.3 Å². The molecule has 2 fully saturated rings. The van der Waals surface area contributed by atoms with Gasteiger partial charge in [-0.25, -0.2) is 13.6 Å². The number of nitrogens with one attached hydrogen (secondary N) is 1. The van der Waals surface area contributed by atoms with Crippen LogP contribution in [0.4, 0.5) is 19.3 Å². The number of ether oxygens (including phenoxy) is 1. The summed E-state index contributed by atoms with van der Waals surface area (Å²) in [6, 6.07) is 10.1. The number of epoxide rings is 1. The van der Waals surface area contributed by atoms with Crippen molar-refractivity contribution < 1.29 is 18.3 Å². The third-order valence-electron chi connectivity index (χ3n) is 5.78. The first-order valence-electron chi connectivity index (χ1n) is 9.91. The molecule has 29 heavy (non-hydrogen) atoms. The first kappa shape index (κ1) is 19.8. The molecule has 2 heterocycles. The summed E-state index contributed by atoms with van der Waals surface area (Å²) >= 11 is 0. The number of halogens is 2. The maximum Gasteiger partial charge on any atom is 0.321 e. The molecule has 5 nitrogen and oxygen atoms in total. The highest BCUT2D eigenvalue weighted by Gasteiger charge is 2.41. The highest BCUT2D eigenvalue weighted by molar-refractivity contribution is 5.89. The van der Waals surface area contributed by atoms with Crippen LogP contribution in [0, 0.1) is 11.6 Å². The van der Waals surface area contributed by atoms with Crippen molar-refractivity contribution in [1.82, 2.24) is 9.80 Å². The molecule has 0 bridgehead atoms. The average Bonchev–Trinajstić information content (AvgIpc) is 3.46. The van der Waals surface area contributed by atoms with Gasteiger partial charge in [0.2, 0.25) is 0 Å². The van der Waals surface area contributed by atoms with Gasteiger partial charge in [0.05, 0.1) is 6.10 Å². The van der Waals surface area contributed by atoms with Crippen LogP contribution in [0.5, 0.6) is 0 Å². The largest absolute Gasteiger partial charge is 0.353 e. The molecule has 2 aliphatic heterocycles. The van der Waals surface area contributed by atoms with Crippen LogP contribution >= 0.6 is 0 Å². The van der Waals surface area contributed by atoms with Crippen molar-refractivity contribution in [3.05, 3.63) is 54.1 Å². The van der Waals surface area contributed by atoms with E-state index in [9.17, 15) is 13.6 Å². The molecular formula is C22H25F2N3O2. The van der Waals surface area contributed by atoms with E-state index in [1.165, 1.54) is 0 Å². The van der Waals surface area contributed by atoms with Gasteiger partial charge in [0.1, 0.15) is 17.9 Å². The number of likely N-dealkylation sites (tertiary alicyclic amines) is 1. The third-order valence-corrected chi connectivity index (χ3v) is 5.78. The van der Waals surface area contributed by atoms with E-state index >= 15 is 0 Å². The molecule has 2 aromatic rings. The predicted octanol–water partition coefficient (Wildman–Crippen LogP) is 4.30. The summed E-state index contributed by atoms with van der Waals surface area (Å²) in [5, 5.41) is 2.88. The second-order valence-electron chi connectivity index (χ2n) is 7.74. The Morgan fingerprint density at radius 2 is 1.79 bits per heavy atom. The van der Waals surface area contributed by atoms with Gasteiger partial charge >= 0.3 is 6.03 Å². The van der Waals surface area contributed by atoms with Gasteiger partial charge in [-0.1, -0.05) is 12.1 Å². The topological polar surface area (TPSA) is 48.1 Å². The summed E-state index contributed by atoms with van der Waals surface area (Å²) in [6.45, 7) is 3.92. The number of nitrogens with zero attached hydrogens (tertiary/aromatic N) is 2. The molecule has 0 radical (unpaired) electrons. The van der Waals surface area contributed by atoms with Gasteiger partial charge in [0.15, 0.2) is 0 Å². The fourth-order valence-corrected chi connectivity index (χ4v) is 3.91.